The summed E-state index contributed by atoms with van der Waals surface area (Å²) in [5.74, 6) is -1.99. The van der Waals surface area contributed by atoms with E-state index in [4.69, 9.17) is 10.8 Å². The summed E-state index contributed by atoms with van der Waals surface area (Å²) in [6, 6.07) is 0. The third-order valence-electron chi connectivity index (χ3n) is 3.46. The lowest BCUT2D eigenvalue weighted by Crippen LogP contribution is -2.52. The van der Waals surface area contributed by atoms with Crippen LogP contribution in [0.4, 0.5) is 0 Å². The van der Waals surface area contributed by atoms with Crippen molar-refractivity contribution in [2.75, 3.05) is 31.1 Å². The van der Waals surface area contributed by atoms with E-state index in [9.17, 15) is 18.0 Å². The number of carbonyl (C=O) groups excluding carboxylic acids is 1. The first kappa shape index (κ1) is 15.9. The molecule has 1 atom stereocenters. The summed E-state index contributed by atoms with van der Waals surface area (Å²) < 4.78 is 23.1. The minimum absolute atomic E-state index is 0.0194. The van der Waals surface area contributed by atoms with Crippen molar-refractivity contribution in [3.63, 3.8) is 0 Å². The van der Waals surface area contributed by atoms with Crippen LogP contribution < -0.4 is 5.73 Å². The van der Waals surface area contributed by atoms with Crippen molar-refractivity contribution in [2.24, 2.45) is 17.6 Å². The molecule has 0 aromatic rings. The number of likely N-dealkylation sites (tertiary alicyclic amines) is 1. The molecule has 7 nitrogen and oxygen atoms in total. The van der Waals surface area contributed by atoms with Crippen molar-refractivity contribution in [3.05, 3.63) is 0 Å². The molecule has 8 heteroatoms. The number of aliphatic carboxylic acids is 1. The van der Waals surface area contributed by atoms with Crippen LogP contribution >= 0.6 is 0 Å². The van der Waals surface area contributed by atoms with E-state index in [0.29, 0.717) is 19.6 Å². The topological polar surface area (TPSA) is 118 Å². The number of carboxylic acid groups (broad SMARTS) is 1. The number of hydrogen-bond donors (Lipinski definition) is 2. The van der Waals surface area contributed by atoms with Crippen molar-refractivity contribution in [3.8, 4) is 0 Å². The molecule has 0 radical (unpaired) electrons. The molecule has 110 valence electrons. The predicted octanol–water partition coefficient (Wildman–Crippen LogP) is -1.07. The van der Waals surface area contributed by atoms with Gasteiger partial charge in [-0.3, -0.25) is 9.59 Å². The average molecular weight is 292 g/mol. The van der Waals surface area contributed by atoms with Crippen LogP contribution in [-0.2, 0) is 19.4 Å². The lowest BCUT2D eigenvalue weighted by Gasteiger charge is -2.41. The van der Waals surface area contributed by atoms with Gasteiger partial charge in [-0.05, 0) is 5.92 Å². The molecule has 0 spiro atoms. The quantitative estimate of drug-likeness (QED) is 0.588. The van der Waals surface area contributed by atoms with E-state index < -0.39 is 27.6 Å². The SMILES string of the molecule is CC(C(=O)O)C1CN(CCS(=O)(=O)CCC(N)=O)C1. The molecule has 19 heavy (non-hydrogen) atoms. The number of sulfone groups is 1. The van der Waals surface area contributed by atoms with Crippen LogP contribution in [-0.4, -0.2) is 61.4 Å². The summed E-state index contributed by atoms with van der Waals surface area (Å²) in [7, 11) is -3.26. The summed E-state index contributed by atoms with van der Waals surface area (Å²) in [6.07, 6.45) is -0.152. The van der Waals surface area contributed by atoms with Crippen molar-refractivity contribution in [2.45, 2.75) is 13.3 Å². The number of amides is 1. The lowest BCUT2D eigenvalue weighted by molar-refractivity contribution is -0.145. The zero-order chi connectivity index (χ0) is 14.6. The van der Waals surface area contributed by atoms with Crippen molar-refractivity contribution >= 4 is 21.7 Å². The highest BCUT2D eigenvalue weighted by atomic mass is 32.2. The molecule has 1 heterocycles. The van der Waals surface area contributed by atoms with Gasteiger partial charge in [0.1, 0.15) is 0 Å². The van der Waals surface area contributed by atoms with Gasteiger partial charge in [0, 0.05) is 26.1 Å². The Hall–Kier alpha value is -1.15. The second-order valence-corrected chi connectivity index (χ2v) is 7.32. The van der Waals surface area contributed by atoms with Crippen molar-refractivity contribution in [1.82, 2.24) is 4.90 Å². The molecule has 1 amide bonds. The fraction of sp³-hybridized carbons (Fsp3) is 0.818. The van der Waals surface area contributed by atoms with E-state index in [1.807, 2.05) is 4.90 Å². The maximum Gasteiger partial charge on any atom is 0.306 e. The molecular weight excluding hydrogens is 272 g/mol. The zero-order valence-corrected chi connectivity index (χ0v) is 11.7. The number of rotatable bonds is 8. The zero-order valence-electron chi connectivity index (χ0n) is 10.9. The minimum Gasteiger partial charge on any atom is -0.481 e. The van der Waals surface area contributed by atoms with Gasteiger partial charge in [-0.15, -0.1) is 0 Å². The molecule has 0 aromatic heterocycles. The summed E-state index contributed by atoms with van der Waals surface area (Å²) in [6.45, 7) is 3.26. The van der Waals surface area contributed by atoms with E-state index in [1.165, 1.54) is 0 Å². The van der Waals surface area contributed by atoms with Gasteiger partial charge in [0.2, 0.25) is 5.91 Å². The Kier molecular flexibility index (Phi) is 5.30. The highest BCUT2D eigenvalue weighted by Gasteiger charge is 2.34. The number of primary amides is 1. The van der Waals surface area contributed by atoms with Gasteiger partial charge >= 0.3 is 5.97 Å². The summed E-state index contributed by atoms with van der Waals surface area (Å²) in [4.78, 5) is 23.2. The van der Waals surface area contributed by atoms with Crippen LogP contribution in [0.15, 0.2) is 0 Å². The molecule has 0 aliphatic carbocycles. The molecule has 1 saturated heterocycles. The highest BCUT2D eigenvalue weighted by Crippen LogP contribution is 2.23. The fourth-order valence-electron chi connectivity index (χ4n) is 1.94. The van der Waals surface area contributed by atoms with Gasteiger partial charge in [0.05, 0.1) is 17.4 Å². The number of nitrogens with two attached hydrogens (primary N) is 1. The molecule has 1 rings (SSSR count). The number of nitrogens with zero attached hydrogens (tertiary/aromatic N) is 1. The fourth-order valence-corrected chi connectivity index (χ4v) is 3.19. The molecule has 1 fully saturated rings. The largest absolute Gasteiger partial charge is 0.481 e. The molecule has 0 aromatic carbocycles. The molecule has 0 saturated carbocycles. The Labute approximate surface area is 112 Å². The Morgan fingerprint density at radius 2 is 1.95 bits per heavy atom. The van der Waals surface area contributed by atoms with Gasteiger partial charge < -0.3 is 15.7 Å². The van der Waals surface area contributed by atoms with Crippen LogP contribution in [0.3, 0.4) is 0 Å². The standard InChI is InChI=1S/C11H20N2O5S/c1-8(11(15)16)9-6-13(7-9)3-5-19(17,18)4-2-10(12)14/h8-9H,2-7H2,1H3,(H2,12,14)(H,15,16). The van der Waals surface area contributed by atoms with Gasteiger partial charge in [-0.1, -0.05) is 6.92 Å². The van der Waals surface area contributed by atoms with Crippen molar-refractivity contribution < 1.29 is 23.1 Å². The highest BCUT2D eigenvalue weighted by molar-refractivity contribution is 7.91. The Morgan fingerprint density at radius 3 is 2.42 bits per heavy atom. The maximum atomic E-state index is 11.6. The van der Waals surface area contributed by atoms with E-state index in [1.54, 1.807) is 6.92 Å². The molecule has 1 aliphatic heterocycles. The molecular formula is C11H20N2O5S. The van der Waals surface area contributed by atoms with Crippen LogP contribution in [0.5, 0.6) is 0 Å². The number of carbonyl (C=O) groups is 2. The van der Waals surface area contributed by atoms with Gasteiger partial charge in [-0.25, -0.2) is 8.42 Å². The Morgan fingerprint density at radius 1 is 1.37 bits per heavy atom. The molecule has 1 unspecified atom stereocenters. The molecule has 1 aliphatic rings. The summed E-state index contributed by atoms with van der Waals surface area (Å²) in [5.41, 5.74) is 4.90. The van der Waals surface area contributed by atoms with E-state index >= 15 is 0 Å². The van der Waals surface area contributed by atoms with Gasteiger partial charge in [0.25, 0.3) is 0 Å². The lowest BCUT2D eigenvalue weighted by atomic mass is 9.87. The second kappa shape index (κ2) is 6.33. The van der Waals surface area contributed by atoms with E-state index in [-0.39, 0.29) is 23.8 Å². The number of hydrogen-bond acceptors (Lipinski definition) is 5. The maximum absolute atomic E-state index is 11.6. The van der Waals surface area contributed by atoms with Gasteiger partial charge in [-0.2, -0.15) is 0 Å². The van der Waals surface area contributed by atoms with Crippen LogP contribution in [0.25, 0.3) is 0 Å². The van der Waals surface area contributed by atoms with Crippen LogP contribution in [0, 0.1) is 11.8 Å². The molecule has 3 N–H and O–H groups in total. The first-order chi connectivity index (χ1) is 8.71. The Bertz CT molecular complexity index is 442. The van der Waals surface area contributed by atoms with Gasteiger partial charge in [0.15, 0.2) is 9.84 Å². The van der Waals surface area contributed by atoms with Crippen LogP contribution in [0.1, 0.15) is 13.3 Å². The molecule has 0 bridgehead atoms. The van der Waals surface area contributed by atoms with E-state index in [2.05, 4.69) is 0 Å². The first-order valence-corrected chi connectivity index (χ1v) is 7.97. The summed E-state index contributed by atoms with van der Waals surface area (Å²) >= 11 is 0. The smallest absolute Gasteiger partial charge is 0.306 e. The second-order valence-electron chi connectivity index (χ2n) is 5.01. The van der Waals surface area contributed by atoms with Crippen LogP contribution in [0.2, 0.25) is 0 Å². The monoisotopic (exact) mass is 292 g/mol. The van der Waals surface area contributed by atoms with E-state index in [0.717, 1.165) is 0 Å². The third-order valence-corrected chi connectivity index (χ3v) is 5.09. The average Bonchev–Trinajstić information content (AvgIpc) is 2.23. The van der Waals surface area contributed by atoms with Crippen molar-refractivity contribution in [1.29, 1.82) is 0 Å². The number of carboxylic acids is 1. The third kappa shape index (κ3) is 5.15. The summed E-state index contributed by atoms with van der Waals surface area (Å²) in [5, 5.41) is 8.83. The first-order valence-electron chi connectivity index (χ1n) is 6.15. The minimum atomic E-state index is -3.26. The normalized spacial score (nSPS) is 18.8. The predicted molar refractivity (Wildman–Crippen MR) is 69.2 cm³/mol. The Balaban J connectivity index is 2.25.